The summed E-state index contributed by atoms with van der Waals surface area (Å²) < 4.78 is 33.5. The highest BCUT2D eigenvalue weighted by Crippen LogP contribution is 2.60. The highest BCUT2D eigenvalue weighted by atomic mass is 35.5. The van der Waals surface area contributed by atoms with E-state index in [-0.39, 0.29) is 35.4 Å². The van der Waals surface area contributed by atoms with Gasteiger partial charge in [-0.2, -0.15) is 0 Å². The molecule has 7 rings (SSSR count). The maximum absolute atomic E-state index is 14.8. The lowest BCUT2D eigenvalue weighted by Gasteiger charge is -2.47. The van der Waals surface area contributed by atoms with E-state index in [1.807, 2.05) is 0 Å². The predicted molar refractivity (Wildman–Crippen MR) is 159 cm³/mol. The number of halogens is 3. The van der Waals surface area contributed by atoms with Crippen LogP contribution in [0.2, 0.25) is 10.0 Å². The van der Waals surface area contributed by atoms with Crippen molar-refractivity contribution >= 4 is 50.7 Å². The summed E-state index contributed by atoms with van der Waals surface area (Å²) in [4.78, 5) is 16.0. The number of methoxy groups -OCH3 is 1. The number of aromatic nitrogens is 2. The van der Waals surface area contributed by atoms with E-state index in [1.165, 1.54) is 6.07 Å². The predicted octanol–water partition coefficient (Wildman–Crippen LogP) is 7.58. The number of hydrogen-bond donors (Lipinski definition) is 2. The van der Waals surface area contributed by atoms with E-state index in [1.54, 1.807) is 25.3 Å². The number of benzene rings is 2. The van der Waals surface area contributed by atoms with Crippen LogP contribution in [0.25, 0.3) is 21.5 Å². The Labute approximate surface area is 260 Å². The SMILES string of the molecule is COCC1(OCc2c(-c3c(Cl)cccc3Cl)noc2C2CC2)C[C@H]2CC[C@@H](C1)[C@]2(O)c1nc2c(F)cc(C(=O)O)cc2s1. The number of carbonyl (C=O) groups is 1. The van der Waals surface area contributed by atoms with Gasteiger partial charge in [-0.25, -0.2) is 14.2 Å². The molecule has 4 aromatic rings. The summed E-state index contributed by atoms with van der Waals surface area (Å²) in [5.74, 6) is -1.31. The Kier molecular flexibility index (Phi) is 7.31. The van der Waals surface area contributed by atoms with Crippen LogP contribution in [0.5, 0.6) is 0 Å². The summed E-state index contributed by atoms with van der Waals surface area (Å²) in [5, 5.41) is 27.3. The van der Waals surface area contributed by atoms with Gasteiger partial charge in [0.1, 0.15) is 27.6 Å². The first-order valence-corrected chi connectivity index (χ1v) is 15.8. The van der Waals surface area contributed by atoms with E-state index in [0.717, 1.165) is 54.4 Å². The summed E-state index contributed by atoms with van der Waals surface area (Å²) in [6.45, 7) is 0.524. The van der Waals surface area contributed by atoms with Gasteiger partial charge in [0.25, 0.3) is 0 Å². The molecule has 0 aliphatic heterocycles. The van der Waals surface area contributed by atoms with E-state index in [0.29, 0.717) is 50.5 Å². The zero-order chi connectivity index (χ0) is 30.1. The minimum atomic E-state index is -1.28. The van der Waals surface area contributed by atoms with Gasteiger partial charge in [0, 0.05) is 24.2 Å². The van der Waals surface area contributed by atoms with Crippen molar-refractivity contribution in [3.8, 4) is 11.3 Å². The van der Waals surface area contributed by atoms with Crippen molar-refractivity contribution in [2.75, 3.05) is 13.7 Å². The molecule has 43 heavy (non-hydrogen) atoms. The Balaban J connectivity index is 1.20. The fraction of sp³-hybridized carbons (Fsp3) is 0.452. The van der Waals surface area contributed by atoms with Crippen LogP contribution in [0.15, 0.2) is 34.9 Å². The van der Waals surface area contributed by atoms with Gasteiger partial charge in [-0.1, -0.05) is 34.4 Å². The lowest BCUT2D eigenvalue weighted by molar-refractivity contribution is -0.183. The van der Waals surface area contributed by atoms with Crippen molar-refractivity contribution in [2.24, 2.45) is 11.8 Å². The quantitative estimate of drug-likeness (QED) is 0.191. The highest BCUT2D eigenvalue weighted by molar-refractivity contribution is 7.18. The number of carboxylic acid groups (broad SMARTS) is 1. The van der Waals surface area contributed by atoms with Crippen molar-refractivity contribution in [3.63, 3.8) is 0 Å². The average Bonchev–Trinajstić information content (AvgIpc) is 3.53. The van der Waals surface area contributed by atoms with Gasteiger partial charge in [0.2, 0.25) is 0 Å². The van der Waals surface area contributed by atoms with E-state index < -0.39 is 23.0 Å². The van der Waals surface area contributed by atoms with Crippen molar-refractivity contribution in [1.82, 2.24) is 10.1 Å². The molecular weight excluding hydrogens is 618 g/mol. The minimum absolute atomic E-state index is 0.0774. The van der Waals surface area contributed by atoms with Crippen LogP contribution < -0.4 is 0 Å². The minimum Gasteiger partial charge on any atom is -0.478 e. The molecule has 2 heterocycles. The molecule has 3 aliphatic rings. The lowest BCUT2D eigenvalue weighted by Crippen LogP contribution is -2.52. The normalized spacial score (nSPS) is 26.8. The first kappa shape index (κ1) is 29.1. The van der Waals surface area contributed by atoms with Gasteiger partial charge >= 0.3 is 5.97 Å². The molecule has 2 aromatic carbocycles. The maximum Gasteiger partial charge on any atom is 0.335 e. The number of aliphatic hydroxyl groups is 1. The molecule has 0 radical (unpaired) electrons. The molecule has 3 aliphatic carbocycles. The fourth-order valence-corrected chi connectivity index (χ4v) is 8.96. The summed E-state index contributed by atoms with van der Waals surface area (Å²) >= 11 is 14.3. The smallest absolute Gasteiger partial charge is 0.335 e. The number of aromatic carboxylic acids is 1. The van der Waals surface area contributed by atoms with Crippen molar-refractivity contribution in [2.45, 2.75) is 62.3 Å². The largest absolute Gasteiger partial charge is 0.478 e. The second-order valence-corrected chi connectivity index (χ2v) is 13.8. The number of fused-ring (bicyclic) bond motifs is 3. The molecule has 3 saturated carbocycles. The molecule has 2 bridgehead atoms. The zero-order valence-electron chi connectivity index (χ0n) is 23.2. The first-order valence-electron chi connectivity index (χ1n) is 14.3. The molecular formula is C31H29Cl2FN2O6S. The van der Waals surface area contributed by atoms with E-state index in [4.69, 9.17) is 37.2 Å². The topological polar surface area (TPSA) is 115 Å². The highest BCUT2D eigenvalue weighted by Gasteiger charge is 2.60. The third kappa shape index (κ3) is 4.87. The molecule has 1 unspecified atom stereocenters. The van der Waals surface area contributed by atoms with Crippen LogP contribution in [0.4, 0.5) is 4.39 Å². The van der Waals surface area contributed by atoms with Crippen molar-refractivity contribution < 1.29 is 33.4 Å². The molecule has 0 amide bonds. The van der Waals surface area contributed by atoms with Gasteiger partial charge in [-0.05, 0) is 74.6 Å². The molecule has 0 spiro atoms. The molecule has 2 N–H and O–H groups in total. The maximum atomic E-state index is 14.8. The van der Waals surface area contributed by atoms with Crippen molar-refractivity contribution in [3.05, 3.63) is 68.1 Å². The number of thiazole rings is 1. The summed E-state index contributed by atoms with van der Waals surface area (Å²) in [6.07, 6.45) is 4.51. The lowest BCUT2D eigenvalue weighted by atomic mass is 9.68. The number of ether oxygens (including phenoxy) is 2. The number of rotatable bonds is 9. The zero-order valence-corrected chi connectivity index (χ0v) is 25.6. The van der Waals surface area contributed by atoms with Gasteiger partial charge in [0.15, 0.2) is 5.82 Å². The number of carboxylic acids is 1. The molecule has 226 valence electrons. The van der Waals surface area contributed by atoms with Crippen LogP contribution in [0.1, 0.15) is 71.1 Å². The van der Waals surface area contributed by atoms with E-state index >= 15 is 0 Å². The average molecular weight is 648 g/mol. The van der Waals surface area contributed by atoms with Crippen LogP contribution in [0.3, 0.4) is 0 Å². The standard InChI is InChI=1S/C31H29Cl2FN2O6S/c1-40-14-30(41-13-19-25(36-42-27(19)15-5-6-15)24-20(32)3-2-4-21(24)33)11-17-7-8-18(12-30)31(17,39)29-35-26-22(34)9-16(28(37)38)10-23(26)43-29/h2-4,9-10,15,17-18,39H,5-8,11-14H2,1H3,(H,37,38)/t17-,18+,30?,31+. The molecule has 12 heteroatoms. The molecule has 8 nitrogen and oxygen atoms in total. The second-order valence-electron chi connectivity index (χ2n) is 12.0. The third-order valence-corrected chi connectivity index (χ3v) is 11.1. The van der Waals surface area contributed by atoms with Crippen LogP contribution >= 0.6 is 34.5 Å². The summed E-state index contributed by atoms with van der Waals surface area (Å²) in [7, 11) is 1.63. The summed E-state index contributed by atoms with van der Waals surface area (Å²) in [6, 6.07) is 7.69. The van der Waals surface area contributed by atoms with E-state index in [2.05, 4.69) is 10.1 Å². The third-order valence-electron chi connectivity index (χ3n) is 9.28. The monoisotopic (exact) mass is 646 g/mol. The van der Waals surface area contributed by atoms with E-state index in [9.17, 15) is 19.4 Å². The van der Waals surface area contributed by atoms with Crippen LogP contribution in [-0.4, -0.2) is 45.6 Å². The van der Waals surface area contributed by atoms with Gasteiger partial charge in [-0.15, -0.1) is 11.3 Å². The van der Waals surface area contributed by atoms with Crippen LogP contribution in [0, 0.1) is 17.7 Å². The van der Waals surface area contributed by atoms with Gasteiger partial charge in [-0.3, -0.25) is 0 Å². The van der Waals surface area contributed by atoms with Gasteiger partial charge in [0.05, 0.1) is 39.1 Å². The Bertz CT molecular complexity index is 1700. The first-order chi connectivity index (χ1) is 20.6. The van der Waals surface area contributed by atoms with Crippen LogP contribution in [-0.2, 0) is 21.7 Å². The number of nitrogens with zero attached hydrogens (tertiary/aromatic N) is 2. The molecule has 0 saturated heterocycles. The Hall–Kier alpha value is -2.60. The second kappa shape index (κ2) is 10.8. The molecule has 2 aromatic heterocycles. The Morgan fingerprint density at radius 1 is 1.16 bits per heavy atom. The fourth-order valence-electron chi connectivity index (χ4n) is 7.12. The molecule has 4 atom stereocenters. The molecule has 3 fully saturated rings. The summed E-state index contributed by atoms with van der Waals surface area (Å²) in [5.41, 5.74) is -0.0724. The van der Waals surface area contributed by atoms with Gasteiger partial charge < -0.3 is 24.2 Å². The number of hydrogen-bond acceptors (Lipinski definition) is 8. The Morgan fingerprint density at radius 3 is 2.49 bits per heavy atom. The van der Waals surface area contributed by atoms with Crippen molar-refractivity contribution in [1.29, 1.82) is 0 Å². The Morgan fingerprint density at radius 2 is 1.86 bits per heavy atom.